The van der Waals surface area contributed by atoms with E-state index in [1.54, 1.807) is 54.6 Å². The second-order valence-corrected chi connectivity index (χ2v) is 6.95. The summed E-state index contributed by atoms with van der Waals surface area (Å²) in [4.78, 5) is 24.1. The zero-order chi connectivity index (χ0) is 19.9. The minimum atomic E-state index is -0.414. The molecule has 0 saturated carbocycles. The Balaban J connectivity index is 1.56. The fraction of sp³-hybridized carbons (Fsp3) is 0.0455. The van der Waals surface area contributed by atoms with Crippen molar-refractivity contribution >= 4 is 34.0 Å². The monoisotopic (exact) mass is 436 g/mol. The molecule has 0 heterocycles. The van der Waals surface area contributed by atoms with Gasteiger partial charge in [0.2, 0.25) is 0 Å². The van der Waals surface area contributed by atoms with E-state index in [-0.39, 0.29) is 5.91 Å². The molecule has 3 aromatic rings. The molecule has 0 saturated heterocycles. The lowest BCUT2D eigenvalue weighted by Gasteiger charge is -2.05. The van der Waals surface area contributed by atoms with Gasteiger partial charge < -0.3 is 4.74 Å². The molecule has 0 aliphatic rings. The highest BCUT2D eigenvalue weighted by Crippen LogP contribution is 2.14. The molecule has 28 heavy (non-hydrogen) atoms. The Morgan fingerprint density at radius 2 is 1.68 bits per heavy atom. The van der Waals surface area contributed by atoms with Crippen molar-refractivity contribution in [3.05, 3.63) is 99.5 Å². The van der Waals surface area contributed by atoms with Crippen molar-refractivity contribution < 1.29 is 14.3 Å². The summed E-state index contributed by atoms with van der Waals surface area (Å²) in [5.74, 6) is -0.287. The van der Waals surface area contributed by atoms with Crippen molar-refractivity contribution in [2.45, 2.75) is 6.92 Å². The van der Waals surface area contributed by atoms with Crippen molar-refractivity contribution in [2.75, 3.05) is 0 Å². The third-order valence-corrected chi connectivity index (χ3v) is 4.34. The highest BCUT2D eigenvalue weighted by molar-refractivity contribution is 9.10. The van der Waals surface area contributed by atoms with Gasteiger partial charge in [-0.25, -0.2) is 10.2 Å². The topological polar surface area (TPSA) is 67.8 Å². The Morgan fingerprint density at radius 3 is 2.36 bits per heavy atom. The van der Waals surface area contributed by atoms with Crippen LogP contribution < -0.4 is 10.2 Å². The molecule has 0 atom stereocenters. The zero-order valence-electron chi connectivity index (χ0n) is 15.1. The van der Waals surface area contributed by atoms with Crippen LogP contribution in [-0.4, -0.2) is 18.1 Å². The molecule has 0 radical (unpaired) electrons. The summed E-state index contributed by atoms with van der Waals surface area (Å²) in [6, 6.07) is 21.0. The van der Waals surface area contributed by atoms with Gasteiger partial charge in [-0.15, -0.1) is 0 Å². The number of ether oxygens (including phenoxy) is 1. The summed E-state index contributed by atoms with van der Waals surface area (Å²) in [6.45, 7) is 1.95. The van der Waals surface area contributed by atoms with E-state index in [1.807, 2.05) is 25.1 Å². The number of carbonyl (C=O) groups is 2. The fourth-order valence-electron chi connectivity index (χ4n) is 2.34. The average molecular weight is 437 g/mol. The number of aryl methyl sites for hydroxylation is 1. The quantitative estimate of drug-likeness (QED) is 0.271. The summed E-state index contributed by atoms with van der Waals surface area (Å²) in [5.41, 5.74) is 5.30. The van der Waals surface area contributed by atoms with Gasteiger partial charge in [-0.3, -0.25) is 4.79 Å². The molecule has 0 fully saturated rings. The van der Waals surface area contributed by atoms with Gasteiger partial charge in [-0.1, -0.05) is 39.7 Å². The normalized spacial score (nSPS) is 10.6. The van der Waals surface area contributed by atoms with Gasteiger partial charge in [0.25, 0.3) is 5.91 Å². The number of hydrazone groups is 1. The number of carbonyl (C=O) groups excluding carboxylic acids is 2. The first-order valence-electron chi connectivity index (χ1n) is 8.49. The van der Waals surface area contributed by atoms with Crippen molar-refractivity contribution in [1.82, 2.24) is 5.43 Å². The summed E-state index contributed by atoms with van der Waals surface area (Å²) in [6.07, 6.45) is 1.52. The highest BCUT2D eigenvalue weighted by Gasteiger charge is 2.08. The van der Waals surface area contributed by atoms with Crippen LogP contribution >= 0.6 is 15.9 Å². The van der Waals surface area contributed by atoms with Crippen LogP contribution in [0.3, 0.4) is 0 Å². The maximum absolute atomic E-state index is 12.1. The molecule has 0 spiro atoms. The molecule has 5 nitrogen and oxygen atoms in total. The Bertz CT molecular complexity index is 1010. The zero-order valence-corrected chi connectivity index (χ0v) is 16.6. The maximum atomic E-state index is 12.1. The van der Waals surface area contributed by atoms with Gasteiger partial charge in [0.15, 0.2) is 0 Å². The van der Waals surface area contributed by atoms with Crippen LogP contribution in [0, 0.1) is 6.92 Å². The van der Waals surface area contributed by atoms with Crippen molar-refractivity contribution in [3.8, 4) is 5.75 Å². The van der Waals surface area contributed by atoms with Gasteiger partial charge in [0.1, 0.15) is 5.75 Å². The molecule has 6 heteroatoms. The Kier molecular flexibility index (Phi) is 6.34. The molecule has 0 bridgehead atoms. The van der Waals surface area contributed by atoms with E-state index < -0.39 is 5.97 Å². The lowest BCUT2D eigenvalue weighted by Crippen LogP contribution is -2.17. The minimum absolute atomic E-state index is 0.304. The highest BCUT2D eigenvalue weighted by atomic mass is 79.9. The standard InChI is InChI=1S/C22H17BrN2O3/c1-15-5-9-17(10-6-15)22(27)28-20-11-7-16(8-12-20)14-24-25-21(26)18-3-2-4-19(23)13-18/h2-14H,1H3,(H,25,26)/b24-14+. The number of nitrogens with one attached hydrogen (secondary N) is 1. The van der Waals surface area contributed by atoms with Crippen LogP contribution in [0.25, 0.3) is 0 Å². The smallest absolute Gasteiger partial charge is 0.343 e. The number of nitrogens with zero attached hydrogens (tertiary/aromatic N) is 1. The van der Waals surface area contributed by atoms with Gasteiger partial charge in [0.05, 0.1) is 11.8 Å². The predicted molar refractivity (Wildman–Crippen MR) is 112 cm³/mol. The number of benzene rings is 3. The van der Waals surface area contributed by atoms with Crippen molar-refractivity contribution in [3.63, 3.8) is 0 Å². The average Bonchev–Trinajstić information content (AvgIpc) is 2.69. The molecule has 1 N–H and O–H groups in total. The van der Waals surface area contributed by atoms with Crippen LogP contribution in [0.4, 0.5) is 0 Å². The summed E-state index contributed by atoms with van der Waals surface area (Å²) < 4.78 is 6.17. The second kappa shape index (κ2) is 9.10. The predicted octanol–water partition coefficient (Wildman–Crippen LogP) is 4.74. The lowest BCUT2D eigenvalue weighted by molar-refractivity contribution is 0.0734. The maximum Gasteiger partial charge on any atom is 0.343 e. The Hall–Kier alpha value is -3.25. The third-order valence-electron chi connectivity index (χ3n) is 3.84. The molecule has 0 aromatic heterocycles. The van der Waals surface area contributed by atoms with Crippen LogP contribution in [-0.2, 0) is 0 Å². The Labute approximate surface area is 171 Å². The van der Waals surface area contributed by atoms with E-state index in [0.29, 0.717) is 16.9 Å². The van der Waals surface area contributed by atoms with Crippen LogP contribution in [0.1, 0.15) is 31.8 Å². The molecule has 3 aromatic carbocycles. The van der Waals surface area contributed by atoms with Gasteiger partial charge in [0, 0.05) is 10.0 Å². The third kappa shape index (κ3) is 5.37. The van der Waals surface area contributed by atoms with E-state index >= 15 is 0 Å². The van der Waals surface area contributed by atoms with Crippen LogP contribution in [0.2, 0.25) is 0 Å². The molecular weight excluding hydrogens is 420 g/mol. The number of rotatable bonds is 5. The molecule has 3 rings (SSSR count). The first-order valence-corrected chi connectivity index (χ1v) is 9.28. The van der Waals surface area contributed by atoms with Gasteiger partial charge >= 0.3 is 5.97 Å². The molecular formula is C22H17BrN2O3. The lowest BCUT2D eigenvalue weighted by atomic mass is 10.1. The van der Waals surface area contributed by atoms with E-state index in [9.17, 15) is 9.59 Å². The first kappa shape index (κ1) is 19.5. The number of amides is 1. The van der Waals surface area contributed by atoms with E-state index in [1.165, 1.54) is 6.21 Å². The minimum Gasteiger partial charge on any atom is -0.423 e. The molecule has 0 aliphatic heterocycles. The number of halogens is 1. The molecule has 140 valence electrons. The van der Waals surface area contributed by atoms with Gasteiger partial charge in [-0.2, -0.15) is 5.10 Å². The SMILES string of the molecule is Cc1ccc(C(=O)Oc2ccc(/C=N/NC(=O)c3cccc(Br)c3)cc2)cc1. The number of hydrogen-bond donors (Lipinski definition) is 1. The number of esters is 1. The molecule has 0 unspecified atom stereocenters. The van der Waals surface area contributed by atoms with Crippen molar-refractivity contribution in [1.29, 1.82) is 0 Å². The summed E-state index contributed by atoms with van der Waals surface area (Å²) >= 11 is 3.32. The van der Waals surface area contributed by atoms with Crippen LogP contribution in [0.5, 0.6) is 5.75 Å². The van der Waals surface area contributed by atoms with Crippen LogP contribution in [0.15, 0.2) is 82.4 Å². The summed E-state index contributed by atoms with van der Waals surface area (Å²) in [7, 11) is 0. The van der Waals surface area contributed by atoms with Gasteiger partial charge in [-0.05, 0) is 67.1 Å². The molecule has 0 aliphatic carbocycles. The summed E-state index contributed by atoms with van der Waals surface area (Å²) in [5, 5.41) is 3.95. The number of hydrogen-bond acceptors (Lipinski definition) is 4. The Morgan fingerprint density at radius 1 is 0.964 bits per heavy atom. The fourth-order valence-corrected chi connectivity index (χ4v) is 2.74. The van der Waals surface area contributed by atoms with Crippen molar-refractivity contribution in [2.24, 2.45) is 5.10 Å². The first-order chi connectivity index (χ1) is 13.5. The largest absolute Gasteiger partial charge is 0.423 e. The van der Waals surface area contributed by atoms with E-state index in [4.69, 9.17) is 4.74 Å². The molecule has 1 amide bonds. The second-order valence-electron chi connectivity index (χ2n) is 6.03. The van der Waals surface area contributed by atoms with E-state index in [0.717, 1.165) is 15.6 Å². The van der Waals surface area contributed by atoms with E-state index in [2.05, 4.69) is 26.5 Å².